The van der Waals surface area contributed by atoms with E-state index in [0.29, 0.717) is 12.5 Å². The second-order valence-corrected chi connectivity index (χ2v) is 7.54. The van der Waals surface area contributed by atoms with Gasteiger partial charge in [0.1, 0.15) is 12.6 Å². The Kier molecular flexibility index (Phi) is 5.33. The highest BCUT2D eigenvalue weighted by atomic mass is 32.1. The number of amides is 2. The van der Waals surface area contributed by atoms with Crippen LogP contribution in [0.2, 0.25) is 0 Å². The van der Waals surface area contributed by atoms with Gasteiger partial charge in [-0.2, -0.15) is 0 Å². The van der Waals surface area contributed by atoms with Gasteiger partial charge in [-0.05, 0) is 30.2 Å². The van der Waals surface area contributed by atoms with Gasteiger partial charge in [0.05, 0.1) is 13.2 Å². The Hall–Kier alpha value is -1.40. The van der Waals surface area contributed by atoms with Crippen LogP contribution >= 0.6 is 11.3 Å². The molecule has 2 heterocycles. The summed E-state index contributed by atoms with van der Waals surface area (Å²) >= 11 is 1.60. The van der Waals surface area contributed by atoms with Gasteiger partial charge in [-0.1, -0.05) is 25.8 Å². The first-order valence-corrected chi connectivity index (χ1v) is 9.23. The number of carbonyl (C=O) groups is 2. The maximum Gasteiger partial charge on any atom is 0.249 e. The zero-order chi connectivity index (χ0) is 16.2. The summed E-state index contributed by atoms with van der Waals surface area (Å²) < 4.78 is 5.33. The summed E-state index contributed by atoms with van der Waals surface area (Å²) in [5.74, 6) is 0.313. The average molecular weight is 336 g/mol. The first-order valence-electron chi connectivity index (χ1n) is 8.35. The Morgan fingerprint density at radius 2 is 2.26 bits per heavy atom. The molecule has 2 fully saturated rings. The van der Waals surface area contributed by atoms with Crippen LogP contribution in [-0.2, 0) is 20.9 Å². The third-order valence-electron chi connectivity index (χ3n) is 4.85. The smallest absolute Gasteiger partial charge is 0.249 e. The van der Waals surface area contributed by atoms with Gasteiger partial charge >= 0.3 is 0 Å². The van der Waals surface area contributed by atoms with E-state index in [1.165, 1.54) is 6.42 Å². The SMILES string of the molecule is C[C@@H]1CCCC[C@@H]1NC(=O)[C@@H]1COCC(=O)N1Cc1cccs1. The zero-order valence-electron chi connectivity index (χ0n) is 13.5. The van der Waals surface area contributed by atoms with Gasteiger partial charge in [-0.25, -0.2) is 0 Å². The molecule has 1 aromatic rings. The van der Waals surface area contributed by atoms with E-state index in [-0.39, 0.29) is 31.1 Å². The van der Waals surface area contributed by atoms with E-state index in [4.69, 9.17) is 4.74 Å². The van der Waals surface area contributed by atoms with Crippen LogP contribution in [0.3, 0.4) is 0 Å². The van der Waals surface area contributed by atoms with E-state index in [1.54, 1.807) is 16.2 Å². The van der Waals surface area contributed by atoms with Crippen molar-refractivity contribution >= 4 is 23.2 Å². The molecule has 0 spiro atoms. The fraction of sp³-hybridized carbons (Fsp3) is 0.647. The Labute approximate surface area is 141 Å². The van der Waals surface area contributed by atoms with E-state index in [1.807, 2.05) is 17.5 Å². The van der Waals surface area contributed by atoms with Crippen LogP contribution in [0.4, 0.5) is 0 Å². The molecular formula is C17H24N2O3S. The highest BCUT2D eigenvalue weighted by molar-refractivity contribution is 7.09. The van der Waals surface area contributed by atoms with Crippen molar-refractivity contribution in [1.82, 2.24) is 10.2 Å². The molecule has 23 heavy (non-hydrogen) atoms. The molecule has 2 amide bonds. The molecule has 126 valence electrons. The standard InChI is InChI=1S/C17H24N2O3S/c1-12-5-2-3-7-14(12)18-17(21)15-10-22-11-16(20)19(15)9-13-6-4-8-23-13/h4,6,8,12,14-15H,2-3,5,7,9-11H2,1H3,(H,18,21)/t12-,14+,15+/m1/s1. The second kappa shape index (κ2) is 7.45. The Bertz CT molecular complexity index is 546. The molecule has 1 aliphatic heterocycles. The minimum Gasteiger partial charge on any atom is -0.369 e. The van der Waals surface area contributed by atoms with Crippen molar-refractivity contribution in [3.8, 4) is 0 Å². The van der Waals surface area contributed by atoms with Crippen LogP contribution in [-0.4, -0.2) is 42.0 Å². The van der Waals surface area contributed by atoms with Crippen molar-refractivity contribution in [3.05, 3.63) is 22.4 Å². The highest BCUT2D eigenvalue weighted by Gasteiger charge is 2.35. The molecule has 3 atom stereocenters. The van der Waals surface area contributed by atoms with E-state index in [2.05, 4.69) is 12.2 Å². The van der Waals surface area contributed by atoms with Crippen LogP contribution in [0.15, 0.2) is 17.5 Å². The van der Waals surface area contributed by atoms with Crippen molar-refractivity contribution in [3.63, 3.8) is 0 Å². The van der Waals surface area contributed by atoms with E-state index < -0.39 is 6.04 Å². The van der Waals surface area contributed by atoms with Gasteiger partial charge < -0.3 is 15.0 Å². The molecule has 1 saturated heterocycles. The van der Waals surface area contributed by atoms with Crippen LogP contribution in [0, 0.1) is 5.92 Å². The molecular weight excluding hydrogens is 312 g/mol. The highest BCUT2D eigenvalue weighted by Crippen LogP contribution is 2.24. The first kappa shape index (κ1) is 16.5. The minimum absolute atomic E-state index is 0.0645. The first-order chi connectivity index (χ1) is 11.1. The number of thiophene rings is 1. The molecule has 6 heteroatoms. The topological polar surface area (TPSA) is 58.6 Å². The lowest BCUT2D eigenvalue weighted by Crippen LogP contribution is -2.58. The van der Waals surface area contributed by atoms with Crippen molar-refractivity contribution < 1.29 is 14.3 Å². The lowest BCUT2D eigenvalue weighted by Gasteiger charge is -2.36. The predicted molar refractivity (Wildman–Crippen MR) is 89.0 cm³/mol. The third kappa shape index (κ3) is 3.93. The minimum atomic E-state index is -0.521. The van der Waals surface area contributed by atoms with E-state index >= 15 is 0 Å². The van der Waals surface area contributed by atoms with E-state index in [0.717, 1.165) is 24.1 Å². The lowest BCUT2D eigenvalue weighted by atomic mass is 9.86. The lowest BCUT2D eigenvalue weighted by molar-refractivity contribution is -0.156. The normalized spacial score (nSPS) is 28.7. The van der Waals surface area contributed by atoms with Crippen molar-refractivity contribution in [2.45, 2.75) is 51.2 Å². The number of carbonyl (C=O) groups excluding carboxylic acids is 2. The summed E-state index contributed by atoms with van der Waals surface area (Å²) in [5, 5.41) is 5.14. The monoisotopic (exact) mass is 336 g/mol. The van der Waals surface area contributed by atoms with Gasteiger partial charge in [-0.3, -0.25) is 9.59 Å². The van der Waals surface area contributed by atoms with Crippen molar-refractivity contribution in [1.29, 1.82) is 0 Å². The van der Waals surface area contributed by atoms with Gasteiger partial charge in [0, 0.05) is 10.9 Å². The van der Waals surface area contributed by atoms with Crippen LogP contribution in [0.25, 0.3) is 0 Å². The predicted octanol–water partition coefficient (Wildman–Crippen LogP) is 2.17. The Morgan fingerprint density at radius 1 is 1.43 bits per heavy atom. The maximum atomic E-state index is 12.7. The van der Waals surface area contributed by atoms with Gasteiger partial charge in [0.15, 0.2) is 0 Å². The van der Waals surface area contributed by atoms with Gasteiger partial charge in [0.25, 0.3) is 0 Å². The fourth-order valence-corrected chi connectivity index (χ4v) is 4.10. The largest absolute Gasteiger partial charge is 0.369 e. The van der Waals surface area contributed by atoms with E-state index in [9.17, 15) is 9.59 Å². The Balaban J connectivity index is 1.67. The van der Waals surface area contributed by atoms with Gasteiger partial charge in [-0.15, -0.1) is 11.3 Å². The quantitative estimate of drug-likeness (QED) is 0.917. The Morgan fingerprint density at radius 3 is 3.00 bits per heavy atom. The zero-order valence-corrected chi connectivity index (χ0v) is 14.3. The summed E-state index contributed by atoms with van der Waals surface area (Å²) in [6, 6.07) is 3.65. The van der Waals surface area contributed by atoms with Crippen LogP contribution in [0.5, 0.6) is 0 Å². The summed E-state index contributed by atoms with van der Waals surface area (Å²) in [7, 11) is 0. The summed E-state index contributed by atoms with van der Waals surface area (Å²) in [6.45, 7) is 3.02. The average Bonchev–Trinajstić information content (AvgIpc) is 3.04. The van der Waals surface area contributed by atoms with Crippen molar-refractivity contribution in [2.75, 3.05) is 13.2 Å². The summed E-state index contributed by atoms with van der Waals surface area (Å²) in [6.07, 6.45) is 4.58. The molecule has 1 saturated carbocycles. The molecule has 0 bridgehead atoms. The number of rotatable bonds is 4. The molecule has 0 aromatic carbocycles. The molecule has 5 nitrogen and oxygen atoms in total. The molecule has 1 aliphatic carbocycles. The molecule has 2 aliphatic rings. The van der Waals surface area contributed by atoms with Crippen molar-refractivity contribution in [2.24, 2.45) is 5.92 Å². The number of hydrogen-bond acceptors (Lipinski definition) is 4. The molecule has 1 N–H and O–H groups in total. The second-order valence-electron chi connectivity index (χ2n) is 6.51. The molecule has 0 unspecified atom stereocenters. The maximum absolute atomic E-state index is 12.7. The number of nitrogens with zero attached hydrogens (tertiary/aromatic N) is 1. The fourth-order valence-electron chi connectivity index (χ4n) is 3.40. The molecule has 3 rings (SSSR count). The van der Waals surface area contributed by atoms with Gasteiger partial charge in [0.2, 0.25) is 11.8 Å². The molecule has 0 radical (unpaired) electrons. The summed E-state index contributed by atoms with van der Waals surface area (Å²) in [4.78, 5) is 27.7. The van der Waals surface area contributed by atoms with Crippen LogP contribution in [0.1, 0.15) is 37.5 Å². The number of hydrogen-bond donors (Lipinski definition) is 1. The third-order valence-corrected chi connectivity index (χ3v) is 5.71. The molecule has 1 aromatic heterocycles. The number of nitrogens with one attached hydrogen (secondary N) is 1. The van der Waals surface area contributed by atoms with Crippen LogP contribution < -0.4 is 5.32 Å². The number of morpholine rings is 1. The summed E-state index contributed by atoms with van der Waals surface area (Å²) in [5.41, 5.74) is 0. The number of ether oxygens (including phenoxy) is 1.